The monoisotopic (exact) mass is 2120 g/mol. The van der Waals surface area contributed by atoms with Gasteiger partial charge in [0.15, 0.2) is 17.8 Å². The highest BCUT2D eigenvalue weighted by Crippen LogP contribution is 2.34. The van der Waals surface area contributed by atoms with Gasteiger partial charge in [0.1, 0.15) is 56.6 Å². The molecular formula is C104H112Br3ClN20O13. The first-order valence-corrected chi connectivity index (χ1v) is 46.2. The molecule has 0 radical (unpaired) electrons. The molecule has 0 unspecified atom stereocenters. The summed E-state index contributed by atoms with van der Waals surface area (Å²) in [5.74, 6) is 1.91. The molecule has 16 rings (SSSR count). The van der Waals surface area contributed by atoms with Gasteiger partial charge in [0.25, 0.3) is 5.91 Å². The maximum atomic E-state index is 12.8. The molecule has 0 aliphatic carbocycles. The Morgan fingerprint density at radius 1 is 0.362 bits per heavy atom. The maximum absolute atomic E-state index is 12.8. The predicted octanol–water partition coefficient (Wildman–Crippen LogP) is 22.2. The van der Waals surface area contributed by atoms with Crippen LogP contribution >= 0.6 is 59.4 Å². The third-order valence-electron chi connectivity index (χ3n) is 19.2. The van der Waals surface area contributed by atoms with Crippen LogP contribution < -0.4 is 54.8 Å². The van der Waals surface area contributed by atoms with Crippen LogP contribution in [0.3, 0.4) is 0 Å². The molecule has 33 nitrogen and oxygen atoms in total. The van der Waals surface area contributed by atoms with Gasteiger partial charge >= 0.3 is 36.3 Å². The van der Waals surface area contributed by atoms with Gasteiger partial charge in [0, 0.05) is 132 Å². The van der Waals surface area contributed by atoms with Crippen molar-refractivity contribution < 1.29 is 62.0 Å². The van der Waals surface area contributed by atoms with E-state index in [-0.39, 0.29) is 23.5 Å². The number of anilines is 7. The standard InChI is InChI=1S/C21H26N2O6.C19H23BrN2O4.C12H12N4.C11H11N3O.C11H13N3.C11H10N2O2.C9H5BrClN.C9H7BrN2.CH5N/c1-20(2,3)28-18(25)23(19(26)29-21(4,5)6)16-15-9-8-14(17(24)27-7)12-13(15)10-11-22-16;1-18(2,3)25-16(23)22(17(24)26-19(4,5)6)15-14-8-7-13(20)11-12(14)9-10-21-15;1-16(8-13)7-9-2-3-11-10(6-9)4-5-15-12(11)14;1-13-11(15)8-2-3-9-7(6-8)4-5-14-10(9)12;1-13-7-8-2-3-10-9(6-8)4-5-14-11(10)12;1-15-11(14)8-2-3-9-7(6-8)4-5-13-10(9)12;2*10-7-1-2-8-6(5-7)3-4-12-9(8)11;1-2/h8-12H,1-7H3;7-11H,1-6H3;2-6H,7H2,1H3,(H2,14,15);2-6H,1H3,(H2,12,14)(H,13,15);2-6,13H,7H2,1H3,(H2,12,14);2-6H,1H3,(H2,12,13);1-5H;1-5H,(H2,11,12);2H2,1H3. The third-order valence-corrected chi connectivity index (χ3v) is 21.0. The van der Waals surface area contributed by atoms with Gasteiger partial charge in [-0.1, -0.05) is 89.7 Å². The Morgan fingerprint density at radius 3 is 0.965 bits per heavy atom. The largest absolute Gasteiger partial charge is 0.465 e. The lowest BCUT2D eigenvalue weighted by Crippen LogP contribution is -2.44. The number of pyridine rings is 8. The van der Waals surface area contributed by atoms with Gasteiger partial charge in [-0.3, -0.25) is 4.79 Å². The summed E-state index contributed by atoms with van der Waals surface area (Å²) in [7, 11) is 9.44. The van der Waals surface area contributed by atoms with E-state index in [1.165, 1.54) is 45.3 Å². The van der Waals surface area contributed by atoms with Gasteiger partial charge in [0.05, 0.1) is 31.9 Å². The number of nitrogens with two attached hydrogens (primary N) is 6. The number of amides is 5. The minimum Gasteiger partial charge on any atom is -0.465 e. The first-order chi connectivity index (χ1) is 66.7. The van der Waals surface area contributed by atoms with Crippen LogP contribution in [0.5, 0.6) is 0 Å². The lowest BCUT2D eigenvalue weighted by atomic mass is 10.1. The number of hydrogen-bond acceptors (Lipinski definition) is 30. The van der Waals surface area contributed by atoms with E-state index in [0.29, 0.717) is 73.6 Å². The maximum Gasteiger partial charge on any atom is 0.425 e. The van der Waals surface area contributed by atoms with Crippen LogP contribution in [0.15, 0.2) is 257 Å². The molecule has 0 aliphatic rings. The molecular weight excluding hydrogens is 2010 g/mol. The number of ether oxygens (including phenoxy) is 6. The lowest BCUT2D eigenvalue weighted by Gasteiger charge is -2.28. The van der Waals surface area contributed by atoms with Crippen LogP contribution in [0.4, 0.5) is 59.9 Å². The molecule has 37 heteroatoms. The lowest BCUT2D eigenvalue weighted by molar-refractivity contribution is 0.0407. The minimum absolute atomic E-state index is 0.0439. The number of carbonyl (C=O) groups is 7. The molecule has 8 aromatic carbocycles. The van der Waals surface area contributed by atoms with Crippen molar-refractivity contribution in [3.05, 3.63) is 290 Å². The number of nitrogen functional groups attached to an aromatic ring is 5. The van der Waals surface area contributed by atoms with Crippen LogP contribution in [-0.2, 0) is 41.5 Å². The number of hydrogen-bond donors (Lipinski definition) is 8. The zero-order valence-electron chi connectivity index (χ0n) is 81.2. The number of nitrogens with zero attached hydrogens (tertiary/aromatic N) is 12. The molecule has 8 heterocycles. The van der Waals surface area contributed by atoms with Crippen LogP contribution in [0.2, 0.25) is 5.15 Å². The van der Waals surface area contributed by atoms with Crippen LogP contribution in [0, 0.1) is 11.5 Å². The number of benzene rings is 8. The first-order valence-electron chi connectivity index (χ1n) is 43.4. The number of carbonyl (C=O) groups excluding carboxylic acids is 7. The Hall–Kier alpha value is -15.1. The highest BCUT2D eigenvalue weighted by molar-refractivity contribution is 9.11. The predicted molar refractivity (Wildman–Crippen MR) is 570 cm³/mol. The molecule has 0 fully saturated rings. The summed E-state index contributed by atoms with van der Waals surface area (Å²) in [6.07, 6.45) is 11.6. The highest BCUT2D eigenvalue weighted by Gasteiger charge is 2.37. The number of nitriles is 1. The fourth-order valence-electron chi connectivity index (χ4n) is 13.1. The molecule has 0 bridgehead atoms. The summed E-state index contributed by atoms with van der Waals surface area (Å²) in [5.41, 5.74) is 33.7. The average molecular weight is 2130 g/mol. The number of halogens is 4. The Balaban J connectivity index is 0.000000201. The molecule has 0 spiro atoms. The minimum atomic E-state index is -0.913. The number of nitrogens with one attached hydrogen (secondary N) is 2. The van der Waals surface area contributed by atoms with Gasteiger partial charge in [-0.05, 0) is 315 Å². The second-order valence-electron chi connectivity index (χ2n) is 34.5. The summed E-state index contributed by atoms with van der Waals surface area (Å²) < 4.78 is 33.9. The van der Waals surface area contributed by atoms with Gasteiger partial charge in [-0.15, -0.1) is 0 Å². The third kappa shape index (κ3) is 32.8. The molecule has 0 aliphatic heterocycles. The molecule has 141 heavy (non-hydrogen) atoms. The smallest absolute Gasteiger partial charge is 0.425 e. The number of methoxy groups -OCH3 is 2. The van der Waals surface area contributed by atoms with Crippen molar-refractivity contribution in [2.24, 2.45) is 5.73 Å². The van der Waals surface area contributed by atoms with E-state index in [1.807, 2.05) is 116 Å². The zero-order valence-corrected chi connectivity index (χ0v) is 86.7. The van der Waals surface area contributed by atoms with Crippen LogP contribution in [0.1, 0.15) is 125 Å². The summed E-state index contributed by atoms with van der Waals surface area (Å²) in [6.45, 7) is 22.0. The molecule has 8 aromatic heterocycles. The van der Waals surface area contributed by atoms with E-state index in [9.17, 15) is 33.6 Å². The zero-order chi connectivity index (χ0) is 104. The summed E-state index contributed by atoms with van der Waals surface area (Å²) in [4.78, 5) is 121. The Kier molecular flexibility index (Phi) is 40.2. The molecule has 16 aromatic rings. The molecule has 5 amide bonds. The van der Waals surface area contributed by atoms with Gasteiger partial charge in [-0.2, -0.15) is 15.1 Å². The average Bonchev–Trinajstić information content (AvgIpc) is 0.786. The van der Waals surface area contributed by atoms with Crippen molar-refractivity contribution in [3.8, 4) is 6.19 Å². The van der Waals surface area contributed by atoms with Crippen molar-refractivity contribution in [3.63, 3.8) is 0 Å². The van der Waals surface area contributed by atoms with Crippen molar-refractivity contribution in [2.75, 3.05) is 80.9 Å². The Bertz CT molecular complexity index is 6980. The molecule has 0 atom stereocenters. The first kappa shape index (κ1) is 111. The summed E-state index contributed by atoms with van der Waals surface area (Å²) in [6, 6.07) is 59.6. The van der Waals surface area contributed by atoms with E-state index in [1.54, 1.807) is 206 Å². The van der Waals surface area contributed by atoms with Crippen LogP contribution in [-0.4, -0.2) is 152 Å². The van der Waals surface area contributed by atoms with Gasteiger partial charge in [0.2, 0.25) is 0 Å². The van der Waals surface area contributed by atoms with Crippen molar-refractivity contribution in [1.82, 2.24) is 55.4 Å². The fraction of sp³-hybridized carbons (Fsp3) is 0.231. The van der Waals surface area contributed by atoms with E-state index < -0.39 is 52.7 Å². The van der Waals surface area contributed by atoms with Crippen molar-refractivity contribution >= 4 is 229 Å². The summed E-state index contributed by atoms with van der Waals surface area (Å²) >= 11 is 16.1. The summed E-state index contributed by atoms with van der Waals surface area (Å²) in [5, 5.41) is 29.3. The molecule has 0 saturated heterocycles. The quantitative estimate of drug-likeness (QED) is 0.0219. The SMILES string of the molecule is CC(C)(C)OC(=O)N(C(=O)OC(C)(C)C)c1nccc2cc(Br)ccc12.CN.CN(C#N)Cc1ccc2c(N)nccc2c1.CNC(=O)c1ccc2c(N)nccc2c1.CNCc1ccc2c(N)nccc2c1.COC(=O)c1ccc2c(N(C(=O)OC(C)(C)C)C(=O)OC(C)(C)C)nccc2c1.COC(=O)c1ccc2c(N)nccc2c1.Clc1nccc2cc(Br)ccc12.Nc1nccc2cc(Br)ccc12. The number of esters is 2. The van der Waals surface area contributed by atoms with Crippen LogP contribution in [0.25, 0.3) is 86.2 Å². The Morgan fingerprint density at radius 2 is 0.624 bits per heavy atom. The van der Waals surface area contributed by atoms with Gasteiger partial charge in [-0.25, -0.2) is 68.6 Å². The van der Waals surface area contributed by atoms with E-state index in [4.69, 9.17) is 69.2 Å². The number of rotatable bonds is 9. The topological polar surface area (TPSA) is 492 Å². The second-order valence-corrected chi connectivity index (χ2v) is 37.6. The second kappa shape index (κ2) is 51.0. The molecule has 0 saturated carbocycles. The molecule has 734 valence electrons. The Labute approximate surface area is 846 Å². The number of fused-ring (bicyclic) bond motifs is 8. The highest BCUT2D eigenvalue weighted by atomic mass is 79.9. The fourth-order valence-corrected chi connectivity index (χ4v) is 14.4. The van der Waals surface area contributed by atoms with Crippen molar-refractivity contribution in [1.29, 1.82) is 5.26 Å². The number of imide groups is 2. The van der Waals surface area contributed by atoms with E-state index >= 15 is 0 Å². The number of aromatic nitrogens is 8. The normalized spacial score (nSPS) is 10.8. The van der Waals surface area contributed by atoms with Gasteiger partial charge < -0.3 is 78.4 Å². The van der Waals surface area contributed by atoms with Crippen molar-refractivity contribution in [2.45, 2.75) is 119 Å². The van der Waals surface area contributed by atoms with E-state index in [0.717, 1.165) is 105 Å². The van der Waals surface area contributed by atoms with E-state index in [2.05, 4.69) is 127 Å². The molecule has 14 N–H and O–H groups in total.